The molecule has 0 spiro atoms. The standard InChI is InChI=1S/C12H16N2O2/c1-9(2)13-12(16)8-14-6-4-5-11(7-14)10(3)15/h4-7,9H,8H2,1-3H3/p+1. The fourth-order valence-electron chi connectivity index (χ4n) is 1.36. The molecule has 0 saturated heterocycles. The van der Waals surface area contributed by atoms with Gasteiger partial charge >= 0.3 is 0 Å². The maximum absolute atomic E-state index is 11.5. The number of nitrogens with zero attached hydrogens (tertiary/aromatic N) is 1. The molecule has 1 N–H and O–H groups in total. The van der Waals surface area contributed by atoms with Crippen LogP contribution in [0, 0.1) is 0 Å². The van der Waals surface area contributed by atoms with Gasteiger partial charge in [0.2, 0.25) is 6.54 Å². The third-order valence-corrected chi connectivity index (χ3v) is 2.04. The van der Waals surface area contributed by atoms with E-state index in [0.717, 1.165) is 0 Å². The largest absolute Gasteiger partial charge is 0.348 e. The zero-order chi connectivity index (χ0) is 12.1. The van der Waals surface area contributed by atoms with Gasteiger partial charge in [0.05, 0.1) is 5.56 Å². The lowest BCUT2D eigenvalue weighted by Gasteiger charge is -2.05. The first-order chi connectivity index (χ1) is 7.49. The quantitative estimate of drug-likeness (QED) is 0.601. The molecule has 0 aromatic carbocycles. The number of Topliss-reactive ketones (excluding diaryl/α,β-unsaturated/α-hetero) is 1. The van der Waals surface area contributed by atoms with Crippen LogP contribution in [0.4, 0.5) is 0 Å². The summed E-state index contributed by atoms with van der Waals surface area (Å²) in [6.07, 6.45) is 3.45. The molecule has 4 heteroatoms. The highest BCUT2D eigenvalue weighted by Gasteiger charge is 2.11. The molecular weight excluding hydrogens is 204 g/mol. The lowest BCUT2D eigenvalue weighted by molar-refractivity contribution is -0.684. The number of carbonyl (C=O) groups is 2. The average Bonchev–Trinajstić information content (AvgIpc) is 2.16. The number of hydrogen-bond donors (Lipinski definition) is 1. The van der Waals surface area contributed by atoms with Crippen molar-refractivity contribution in [3.63, 3.8) is 0 Å². The molecule has 16 heavy (non-hydrogen) atoms. The van der Waals surface area contributed by atoms with Gasteiger partial charge in [-0.1, -0.05) is 0 Å². The predicted octanol–water partition coefficient (Wildman–Crippen LogP) is 0.701. The van der Waals surface area contributed by atoms with Crippen molar-refractivity contribution in [2.75, 3.05) is 0 Å². The molecule has 1 aromatic rings. The molecule has 0 bridgehead atoms. The highest BCUT2D eigenvalue weighted by atomic mass is 16.2. The van der Waals surface area contributed by atoms with E-state index in [9.17, 15) is 9.59 Å². The van der Waals surface area contributed by atoms with Gasteiger partial charge in [-0.25, -0.2) is 0 Å². The van der Waals surface area contributed by atoms with E-state index in [1.807, 2.05) is 13.8 Å². The number of aromatic nitrogens is 1. The van der Waals surface area contributed by atoms with Crippen molar-refractivity contribution in [2.45, 2.75) is 33.4 Å². The second-order valence-corrected chi connectivity index (χ2v) is 4.04. The summed E-state index contributed by atoms with van der Waals surface area (Å²) in [6.45, 7) is 5.57. The van der Waals surface area contributed by atoms with Crippen LogP contribution in [0.3, 0.4) is 0 Å². The number of rotatable bonds is 4. The minimum atomic E-state index is -0.0549. The third-order valence-electron chi connectivity index (χ3n) is 2.04. The van der Waals surface area contributed by atoms with Gasteiger partial charge in [0.15, 0.2) is 18.2 Å². The van der Waals surface area contributed by atoms with Gasteiger partial charge in [-0.2, -0.15) is 4.57 Å². The summed E-state index contributed by atoms with van der Waals surface area (Å²) in [4.78, 5) is 22.6. The summed E-state index contributed by atoms with van der Waals surface area (Å²) in [5.41, 5.74) is 0.611. The summed E-state index contributed by atoms with van der Waals surface area (Å²) >= 11 is 0. The topological polar surface area (TPSA) is 50.0 Å². The molecule has 0 radical (unpaired) electrons. The Morgan fingerprint density at radius 2 is 2.12 bits per heavy atom. The predicted molar refractivity (Wildman–Crippen MR) is 59.9 cm³/mol. The lowest BCUT2D eigenvalue weighted by Crippen LogP contribution is -2.44. The van der Waals surface area contributed by atoms with E-state index in [2.05, 4.69) is 5.32 Å². The molecule has 1 amide bonds. The van der Waals surface area contributed by atoms with Crippen molar-refractivity contribution in [2.24, 2.45) is 0 Å². The van der Waals surface area contributed by atoms with Crippen LogP contribution in [-0.2, 0) is 11.3 Å². The van der Waals surface area contributed by atoms with Crippen LogP contribution >= 0.6 is 0 Å². The lowest BCUT2D eigenvalue weighted by atomic mass is 10.2. The number of carbonyl (C=O) groups excluding carboxylic acids is 2. The van der Waals surface area contributed by atoms with E-state index in [4.69, 9.17) is 0 Å². The Labute approximate surface area is 95.3 Å². The molecule has 0 aliphatic rings. The van der Waals surface area contributed by atoms with E-state index < -0.39 is 0 Å². The Bertz CT molecular complexity index is 400. The van der Waals surface area contributed by atoms with Crippen molar-refractivity contribution < 1.29 is 14.2 Å². The summed E-state index contributed by atoms with van der Waals surface area (Å²) in [7, 11) is 0. The first-order valence-electron chi connectivity index (χ1n) is 5.28. The summed E-state index contributed by atoms with van der Waals surface area (Å²) in [5, 5.41) is 2.80. The van der Waals surface area contributed by atoms with Gasteiger partial charge in [-0.15, -0.1) is 0 Å². The fraction of sp³-hybridized carbons (Fsp3) is 0.417. The monoisotopic (exact) mass is 221 g/mol. The highest BCUT2D eigenvalue weighted by Crippen LogP contribution is 1.94. The molecule has 0 fully saturated rings. The molecule has 86 valence electrons. The highest BCUT2D eigenvalue weighted by molar-refractivity contribution is 5.93. The van der Waals surface area contributed by atoms with Crippen molar-refractivity contribution >= 4 is 11.7 Å². The molecule has 0 unspecified atom stereocenters. The van der Waals surface area contributed by atoms with Crippen LogP contribution in [0.2, 0.25) is 0 Å². The summed E-state index contributed by atoms with van der Waals surface area (Å²) in [6, 6.07) is 3.63. The zero-order valence-electron chi connectivity index (χ0n) is 9.86. The minimum Gasteiger partial charge on any atom is -0.348 e. The van der Waals surface area contributed by atoms with E-state index in [1.54, 1.807) is 29.1 Å². The van der Waals surface area contributed by atoms with E-state index >= 15 is 0 Å². The second-order valence-electron chi connectivity index (χ2n) is 4.04. The molecule has 0 aliphatic heterocycles. The Morgan fingerprint density at radius 1 is 1.44 bits per heavy atom. The van der Waals surface area contributed by atoms with E-state index in [0.29, 0.717) is 5.56 Å². The van der Waals surface area contributed by atoms with Gasteiger partial charge in [0.25, 0.3) is 5.91 Å². The van der Waals surface area contributed by atoms with Crippen LogP contribution < -0.4 is 9.88 Å². The van der Waals surface area contributed by atoms with Crippen molar-refractivity contribution in [1.82, 2.24) is 5.32 Å². The summed E-state index contributed by atoms with van der Waals surface area (Å²) in [5.74, 6) is -0.0562. The minimum absolute atomic E-state index is 0.00128. The maximum atomic E-state index is 11.5. The maximum Gasteiger partial charge on any atom is 0.286 e. The number of amides is 1. The zero-order valence-corrected chi connectivity index (χ0v) is 9.86. The fourth-order valence-corrected chi connectivity index (χ4v) is 1.36. The van der Waals surface area contributed by atoms with Crippen molar-refractivity contribution in [3.05, 3.63) is 30.1 Å². The van der Waals surface area contributed by atoms with E-state index in [-0.39, 0.29) is 24.3 Å². The third kappa shape index (κ3) is 3.81. The van der Waals surface area contributed by atoms with Gasteiger partial charge in [-0.3, -0.25) is 9.59 Å². The molecule has 0 saturated carbocycles. The smallest absolute Gasteiger partial charge is 0.286 e. The molecule has 0 aliphatic carbocycles. The number of nitrogens with one attached hydrogen (secondary N) is 1. The Balaban J connectivity index is 2.70. The van der Waals surface area contributed by atoms with Crippen LogP contribution in [0.15, 0.2) is 24.5 Å². The van der Waals surface area contributed by atoms with Gasteiger partial charge in [0.1, 0.15) is 0 Å². The Morgan fingerprint density at radius 3 is 2.69 bits per heavy atom. The number of pyridine rings is 1. The first-order valence-corrected chi connectivity index (χ1v) is 5.28. The van der Waals surface area contributed by atoms with E-state index in [1.165, 1.54) is 6.92 Å². The van der Waals surface area contributed by atoms with Crippen molar-refractivity contribution in [3.8, 4) is 0 Å². The molecule has 4 nitrogen and oxygen atoms in total. The van der Waals surface area contributed by atoms with Crippen LogP contribution in [0.1, 0.15) is 31.1 Å². The number of ketones is 1. The average molecular weight is 221 g/mol. The Kier molecular flexibility index (Phi) is 4.17. The van der Waals surface area contributed by atoms with Crippen LogP contribution in [0.25, 0.3) is 0 Å². The number of hydrogen-bond acceptors (Lipinski definition) is 2. The first kappa shape index (κ1) is 12.4. The SMILES string of the molecule is CC(=O)c1ccc[n+](CC(=O)NC(C)C)c1. The molecule has 1 rings (SSSR count). The molecule has 1 heterocycles. The van der Waals surface area contributed by atoms with Crippen LogP contribution in [-0.4, -0.2) is 17.7 Å². The van der Waals surface area contributed by atoms with Gasteiger partial charge < -0.3 is 5.32 Å². The second kappa shape index (κ2) is 5.39. The Hall–Kier alpha value is -1.71. The normalized spacial score (nSPS) is 10.2. The van der Waals surface area contributed by atoms with Crippen molar-refractivity contribution in [1.29, 1.82) is 0 Å². The molecule has 1 aromatic heterocycles. The van der Waals surface area contributed by atoms with Gasteiger partial charge in [-0.05, 0) is 26.8 Å². The van der Waals surface area contributed by atoms with Crippen LogP contribution in [0.5, 0.6) is 0 Å². The molecule has 0 atom stereocenters. The van der Waals surface area contributed by atoms with Gasteiger partial charge in [0, 0.05) is 12.1 Å². The molecular formula is C12H17N2O2+. The summed E-state index contributed by atoms with van der Waals surface area (Å²) < 4.78 is 1.70.